The number of likely N-dealkylation sites (tertiary alicyclic amines) is 1. The van der Waals surface area contributed by atoms with Crippen molar-refractivity contribution >= 4 is 15.9 Å². The minimum Gasteiger partial charge on any atom is -0.342 e. The second-order valence-corrected chi connectivity index (χ2v) is 8.99. The molecule has 0 radical (unpaired) electrons. The van der Waals surface area contributed by atoms with Gasteiger partial charge in [-0.1, -0.05) is 30.3 Å². The van der Waals surface area contributed by atoms with Crippen molar-refractivity contribution in [1.82, 2.24) is 9.21 Å². The van der Waals surface area contributed by atoms with Crippen LogP contribution in [0.5, 0.6) is 0 Å². The zero-order valence-corrected chi connectivity index (χ0v) is 15.0. The summed E-state index contributed by atoms with van der Waals surface area (Å²) in [6.07, 6.45) is 5.98. The second kappa shape index (κ2) is 7.23. The lowest BCUT2D eigenvalue weighted by Crippen LogP contribution is -2.46. The van der Waals surface area contributed by atoms with E-state index in [1.165, 1.54) is 16.1 Å². The Kier molecular flexibility index (Phi) is 5.25. The van der Waals surface area contributed by atoms with Gasteiger partial charge in [-0.2, -0.15) is 4.31 Å². The van der Waals surface area contributed by atoms with Gasteiger partial charge in [-0.15, -0.1) is 0 Å². The van der Waals surface area contributed by atoms with E-state index in [1.54, 1.807) is 0 Å². The maximum atomic E-state index is 12.5. The number of nitrogens with zero attached hydrogens (tertiary/aromatic N) is 2. The van der Waals surface area contributed by atoms with Crippen LogP contribution in [0.3, 0.4) is 0 Å². The van der Waals surface area contributed by atoms with Crippen LogP contribution in [-0.4, -0.2) is 55.5 Å². The molecule has 2 aliphatic rings. The Bertz CT molecular complexity index is 663. The molecule has 1 aromatic rings. The molecule has 0 spiro atoms. The number of sulfonamides is 1. The summed E-state index contributed by atoms with van der Waals surface area (Å²) < 4.78 is 25.1. The van der Waals surface area contributed by atoms with Crippen LogP contribution in [0.25, 0.3) is 0 Å². The van der Waals surface area contributed by atoms with Gasteiger partial charge < -0.3 is 4.90 Å². The van der Waals surface area contributed by atoms with Crippen LogP contribution in [0, 0.1) is 5.92 Å². The molecule has 5 nitrogen and oxygen atoms in total. The Hall–Kier alpha value is -1.40. The minimum atomic E-state index is -3.30. The Balaban J connectivity index is 1.50. The summed E-state index contributed by atoms with van der Waals surface area (Å²) in [4.78, 5) is 14.3. The number of benzene rings is 1. The van der Waals surface area contributed by atoms with Gasteiger partial charge in [0.25, 0.3) is 0 Å². The number of rotatable bonds is 6. The number of carbonyl (C=O) groups excluding carboxylic acids is 1. The maximum Gasteiger partial charge on any atom is 0.237 e. The molecule has 132 valence electrons. The molecule has 0 aromatic heterocycles. The van der Waals surface area contributed by atoms with Crippen LogP contribution in [0.1, 0.15) is 31.2 Å². The predicted octanol–water partition coefficient (Wildman–Crippen LogP) is 1.89. The molecule has 24 heavy (non-hydrogen) atoms. The fourth-order valence-electron chi connectivity index (χ4n) is 3.45. The number of carbonyl (C=O) groups is 1. The van der Waals surface area contributed by atoms with Crippen LogP contribution in [-0.2, 0) is 21.2 Å². The molecule has 1 aromatic carbocycles. The third-order valence-corrected chi connectivity index (χ3v) is 6.28. The van der Waals surface area contributed by atoms with E-state index in [-0.39, 0.29) is 18.5 Å². The van der Waals surface area contributed by atoms with Crippen molar-refractivity contribution < 1.29 is 13.2 Å². The van der Waals surface area contributed by atoms with Crippen molar-refractivity contribution in [3.8, 4) is 0 Å². The van der Waals surface area contributed by atoms with Gasteiger partial charge in [0, 0.05) is 19.1 Å². The van der Waals surface area contributed by atoms with Crippen molar-refractivity contribution in [1.29, 1.82) is 0 Å². The highest BCUT2D eigenvalue weighted by Gasteiger charge is 2.37. The molecule has 1 heterocycles. The van der Waals surface area contributed by atoms with E-state index in [9.17, 15) is 13.2 Å². The first kappa shape index (κ1) is 17.4. The van der Waals surface area contributed by atoms with Crippen molar-refractivity contribution in [2.75, 3.05) is 25.9 Å². The smallest absolute Gasteiger partial charge is 0.237 e. The standard InChI is InChI=1S/C18H26N2O3S/c1-24(22,23)20(17-7-8-17)14-18(21)19-11-9-16(10-12-19)13-15-5-3-2-4-6-15/h2-6,16-17H,7-14H2,1H3. The molecule has 6 heteroatoms. The van der Waals surface area contributed by atoms with Gasteiger partial charge in [0.15, 0.2) is 0 Å². The van der Waals surface area contributed by atoms with E-state index in [2.05, 4.69) is 24.3 Å². The van der Waals surface area contributed by atoms with Gasteiger partial charge in [-0.05, 0) is 43.6 Å². The Morgan fingerprint density at radius 2 is 1.75 bits per heavy atom. The molecule has 0 N–H and O–H groups in total. The van der Waals surface area contributed by atoms with E-state index >= 15 is 0 Å². The molecule has 1 amide bonds. The summed E-state index contributed by atoms with van der Waals surface area (Å²) in [7, 11) is -3.30. The molecule has 1 saturated heterocycles. The monoisotopic (exact) mass is 350 g/mol. The summed E-state index contributed by atoms with van der Waals surface area (Å²) in [5.41, 5.74) is 1.35. The molecule has 1 aliphatic heterocycles. The zero-order chi connectivity index (χ0) is 17.2. The highest BCUT2D eigenvalue weighted by atomic mass is 32.2. The minimum absolute atomic E-state index is 0.00680. The van der Waals surface area contributed by atoms with Gasteiger partial charge in [0.1, 0.15) is 0 Å². The summed E-state index contributed by atoms with van der Waals surface area (Å²) in [6, 6.07) is 10.5. The normalized spacial score (nSPS) is 19.7. The SMILES string of the molecule is CS(=O)(=O)N(CC(=O)N1CCC(Cc2ccccc2)CC1)C1CC1. The largest absolute Gasteiger partial charge is 0.342 e. The predicted molar refractivity (Wildman–Crippen MR) is 94.0 cm³/mol. The molecule has 1 aliphatic carbocycles. The van der Waals surface area contributed by atoms with Crippen LogP contribution in [0.2, 0.25) is 0 Å². The number of hydrogen-bond donors (Lipinski definition) is 0. The van der Waals surface area contributed by atoms with Crippen molar-refractivity contribution in [2.24, 2.45) is 5.92 Å². The number of hydrogen-bond acceptors (Lipinski definition) is 3. The van der Waals surface area contributed by atoms with Crippen LogP contribution >= 0.6 is 0 Å². The lowest BCUT2D eigenvalue weighted by molar-refractivity contribution is -0.132. The molecule has 0 unspecified atom stereocenters. The lowest BCUT2D eigenvalue weighted by atomic mass is 9.90. The Labute approximate surface area is 144 Å². The lowest BCUT2D eigenvalue weighted by Gasteiger charge is -2.33. The van der Waals surface area contributed by atoms with Crippen LogP contribution in [0.4, 0.5) is 0 Å². The molecule has 0 atom stereocenters. The van der Waals surface area contributed by atoms with Gasteiger partial charge in [0.2, 0.25) is 15.9 Å². The first-order chi connectivity index (χ1) is 11.4. The third kappa shape index (κ3) is 4.57. The second-order valence-electron chi connectivity index (χ2n) is 7.05. The maximum absolute atomic E-state index is 12.5. The third-order valence-electron chi connectivity index (χ3n) is 5.01. The number of piperidine rings is 1. The quantitative estimate of drug-likeness (QED) is 0.787. The highest BCUT2D eigenvalue weighted by molar-refractivity contribution is 7.88. The average Bonchev–Trinajstić information content (AvgIpc) is 3.37. The average molecular weight is 350 g/mol. The Morgan fingerprint density at radius 3 is 2.29 bits per heavy atom. The number of amides is 1. The van der Waals surface area contributed by atoms with E-state index in [1.807, 2.05) is 11.0 Å². The summed E-state index contributed by atoms with van der Waals surface area (Å²) in [6.45, 7) is 1.48. The molecule has 3 rings (SSSR count). The van der Waals surface area contributed by atoms with Crippen molar-refractivity contribution in [2.45, 2.75) is 38.1 Å². The van der Waals surface area contributed by atoms with Crippen LogP contribution < -0.4 is 0 Å². The van der Waals surface area contributed by atoms with E-state index in [0.717, 1.165) is 45.2 Å². The van der Waals surface area contributed by atoms with Gasteiger partial charge >= 0.3 is 0 Å². The highest BCUT2D eigenvalue weighted by Crippen LogP contribution is 2.29. The van der Waals surface area contributed by atoms with E-state index in [0.29, 0.717) is 5.92 Å². The van der Waals surface area contributed by atoms with Gasteiger partial charge in [-0.25, -0.2) is 8.42 Å². The fourth-order valence-corrected chi connectivity index (χ4v) is 4.54. The van der Waals surface area contributed by atoms with Crippen molar-refractivity contribution in [3.05, 3.63) is 35.9 Å². The van der Waals surface area contributed by atoms with Crippen LogP contribution in [0.15, 0.2) is 30.3 Å². The van der Waals surface area contributed by atoms with Crippen molar-refractivity contribution in [3.63, 3.8) is 0 Å². The first-order valence-electron chi connectivity index (χ1n) is 8.72. The summed E-state index contributed by atoms with van der Waals surface area (Å²) in [5, 5.41) is 0. The zero-order valence-electron chi connectivity index (χ0n) is 14.2. The molecular formula is C18H26N2O3S. The fraction of sp³-hybridized carbons (Fsp3) is 0.611. The summed E-state index contributed by atoms with van der Waals surface area (Å²) in [5.74, 6) is 0.552. The van der Waals surface area contributed by atoms with Gasteiger partial charge in [0.05, 0.1) is 12.8 Å². The first-order valence-corrected chi connectivity index (χ1v) is 10.6. The molecule has 0 bridgehead atoms. The molecular weight excluding hydrogens is 324 g/mol. The topological polar surface area (TPSA) is 57.7 Å². The Morgan fingerprint density at radius 1 is 1.12 bits per heavy atom. The molecule has 2 fully saturated rings. The summed E-state index contributed by atoms with van der Waals surface area (Å²) >= 11 is 0. The van der Waals surface area contributed by atoms with Gasteiger partial charge in [-0.3, -0.25) is 4.79 Å². The van der Waals surface area contributed by atoms with E-state index < -0.39 is 10.0 Å². The molecule has 1 saturated carbocycles. The van der Waals surface area contributed by atoms with E-state index in [4.69, 9.17) is 0 Å².